The van der Waals surface area contributed by atoms with Crippen LogP contribution in [0.15, 0.2) is 24.3 Å². The van der Waals surface area contributed by atoms with E-state index in [1.807, 2.05) is 0 Å². The first-order valence-electron chi connectivity index (χ1n) is 9.41. The van der Waals surface area contributed by atoms with Crippen LogP contribution in [0, 0.1) is 0 Å². The van der Waals surface area contributed by atoms with Crippen LogP contribution in [0.1, 0.15) is 78.5 Å². The molecule has 0 bridgehead atoms. The maximum absolute atomic E-state index is 12.3. The summed E-state index contributed by atoms with van der Waals surface area (Å²) in [7, 11) is 0. The number of hydrogen-bond donors (Lipinski definition) is 1. The summed E-state index contributed by atoms with van der Waals surface area (Å²) in [6.07, 6.45) is 9.15. The second kappa shape index (κ2) is 8.28. The molecular weight excluding hydrogens is 316 g/mol. The molecule has 5 nitrogen and oxygen atoms in total. The Morgan fingerprint density at radius 1 is 0.960 bits per heavy atom. The van der Waals surface area contributed by atoms with Crippen LogP contribution < -0.4 is 5.32 Å². The van der Waals surface area contributed by atoms with Crippen LogP contribution in [0.4, 0.5) is 0 Å². The molecule has 0 spiro atoms. The lowest BCUT2D eigenvalue weighted by Gasteiger charge is -2.21. The van der Waals surface area contributed by atoms with Crippen molar-refractivity contribution >= 4 is 17.7 Å². The van der Waals surface area contributed by atoms with Crippen molar-refractivity contribution in [1.29, 1.82) is 0 Å². The van der Waals surface area contributed by atoms with E-state index in [0.717, 1.165) is 12.8 Å². The third kappa shape index (κ3) is 4.27. The average molecular weight is 342 g/mol. The van der Waals surface area contributed by atoms with Crippen molar-refractivity contribution in [1.82, 2.24) is 10.2 Å². The number of carbonyl (C=O) groups is 3. The lowest BCUT2D eigenvalue weighted by molar-refractivity contribution is -0.122. The van der Waals surface area contributed by atoms with E-state index in [2.05, 4.69) is 5.32 Å². The molecule has 0 unspecified atom stereocenters. The maximum atomic E-state index is 12.3. The Bertz CT molecular complexity index is 613. The molecule has 0 aromatic heterocycles. The largest absolute Gasteiger partial charge is 0.353 e. The van der Waals surface area contributed by atoms with E-state index < -0.39 is 0 Å². The van der Waals surface area contributed by atoms with Crippen LogP contribution in [-0.4, -0.2) is 35.2 Å². The number of benzene rings is 1. The van der Waals surface area contributed by atoms with E-state index in [-0.39, 0.29) is 23.8 Å². The summed E-state index contributed by atoms with van der Waals surface area (Å²) >= 11 is 0. The van der Waals surface area contributed by atoms with E-state index in [4.69, 9.17) is 0 Å². The number of nitrogens with one attached hydrogen (secondary N) is 1. The first-order chi connectivity index (χ1) is 12.2. The molecule has 134 valence electrons. The summed E-state index contributed by atoms with van der Waals surface area (Å²) in [6, 6.07) is 7.16. The second-order valence-corrected chi connectivity index (χ2v) is 7.02. The molecule has 2 aliphatic rings. The van der Waals surface area contributed by atoms with Gasteiger partial charge in [-0.25, -0.2) is 0 Å². The summed E-state index contributed by atoms with van der Waals surface area (Å²) in [5, 5.41) is 3.12. The average Bonchev–Trinajstić information content (AvgIpc) is 2.82. The predicted molar refractivity (Wildman–Crippen MR) is 95.3 cm³/mol. The van der Waals surface area contributed by atoms with Crippen LogP contribution in [0.3, 0.4) is 0 Å². The molecular formula is C20H26N2O3. The Kier molecular flexibility index (Phi) is 5.84. The fourth-order valence-electron chi connectivity index (χ4n) is 3.74. The summed E-state index contributed by atoms with van der Waals surface area (Å²) < 4.78 is 0. The monoisotopic (exact) mass is 342 g/mol. The third-order valence-electron chi connectivity index (χ3n) is 5.13. The zero-order valence-corrected chi connectivity index (χ0v) is 14.6. The Hall–Kier alpha value is -2.17. The molecule has 3 rings (SSSR count). The Morgan fingerprint density at radius 3 is 2.12 bits per heavy atom. The molecule has 0 radical (unpaired) electrons. The third-order valence-corrected chi connectivity index (χ3v) is 5.13. The second-order valence-electron chi connectivity index (χ2n) is 7.02. The van der Waals surface area contributed by atoms with Crippen molar-refractivity contribution in [2.75, 3.05) is 6.54 Å². The van der Waals surface area contributed by atoms with Crippen LogP contribution >= 0.6 is 0 Å². The van der Waals surface area contributed by atoms with E-state index >= 15 is 0 Å². The highest BCUT2D eigenvalue weighted by Crippen LogP contribution is 2.22. The predicted octanol–water partition coefficient (Wildman–Crippen LogP) is 3.29. The van der Waals surface area contributed by atoms with Crippen molar-refractivity contribution in [3.8, 4) is 0 Å². The van der Waals surface area contributed by atoms with Gasteiger partial charge in [-0.2, -0.15) is 0 Å². The van der Waals surface area contributed by atoms with Crippen molar-refractivity contribution in [3.05, 3.63) is 35.4 Å². The highest BCUT2D eigenvalue weighted by molar-refractivity contribution is 6.21. The van der Waals surface area contributed by atoms with Gasteiger partial charge in [-0.3, -0.25) is 19.3 Å². The molecule has 1 aromatic carbocycles. The number of rotatable bonds is 5. The number of carbonyl (C=O) groups excluding carboxylic acids is 3. The zero-order chi connectivity index (χ0) is 17.6. The molecule has 3 amide bonds. The molecule has 1 heterocycles. The van der Waals surface area contributed by atoms with Gasteiger partial charge in [0, 0.05) is 19.0 Å². The summed E-state index contributed by atoms with van der Waals surface area (Å²) in [6.45, 7) is 0.296. The summed E-state index contributed by atoms with van der Waals surface area (Å²) in [5.74, 6) is -0.468. The molecule has 0 saturated heterocycles. The van der Waals surface area contributed by atoms with E-state index in [0.29, 0.717) is 30.5 Å². The molecule has 1 aliphatic heterocycles. The van der Waals surface area contributed by atoms with Gasteiger partial charge in [0.1, 0.15) is 0 Å². The van der Waals surface area contributed by atoms with Crippen LogP contribution in [0.2, 0.25) is 0 Å². The quantitative estimate of drug-likeness (QED) is 0.835. The normalized spacial score (nSPS) is 18.6. The Balaban J connectivity index is 1.44. The van der Waals surface area contributed by atoms with Gasteiger partial charge in [-0.15, -0.1) is 0 Å². The zero-order valence-electron chi connectivity index (χ0n) is 14.6. The van der Waals surface area contributed by atoms with Gasteiger partial charge in [0.2, 0.25) is 5.91 Å². The van der Waals surface area contributed by atoms with Gasteiger partial charge in [-0.05, 0) is 31.4 Å². The smallest absolute Gasteiger partial charge is 0.261 e. The van der Waals surface area contributed by atoms with Gasteiger partial charge in [0.15, 0.2) is 0 Å². The van der Waals surface area contributed by atoms with E-state index in [1.54, 1.807) is 24.3 Å². The molecule has 1 saturated carbocycles. The number of fused-ring (bicyclic) bond motifs is 1. The van der Waals surface area contributed by atoms with Gasteiger partial charge in [0.25, 0.3) is 11.8 Å². The van der Waals surface area contributed by atoms with Gasteiger partial charge in [-0.1, -0.05) is 44.2 Å². The molecule has 1 N–H and O–H groups in total. The highest BCUT2D eigenvalue weighted by atomic mass is 16.2. The first kappa shape index (κ1) is 17.6. The van der Waals surface area contributed by atoms with E-state index in [9.17, 15) is 14.4 Å². The number of hydrogen-bond acceptors (Lipinski definition) is 3. The minimum absolute atomic E-state index is 0.0298. The lowest BCUT2D eigenvalue weighted by Crippen LogP contribution is -2.36. The molecule has 5 heteroatoms. The van der Waals surface area contributed by atoms with Gasteiger partial charge < -0.3 is 5.32 Å². The van der Waals surface area contributed by atoms with Gasteiger partial charge in [0.05, 0.1) is 11.1 Å². The molecule has 25 heavy (non-hydrogen) atoms. The van der Waals surface area contributed by atoms with Crippen molar-refractivity contribution < 1.29 is 14.4 Å². The van der Waals surface area contributed by atoms with Crippen LogP contribution in [0.25, 0.3) is 0 Å². The topological polar surface area (TPSA) is 66.5 Å². The number of nitrogens with zero attached hydrogens (tertiary/aromatic N) is 1. The lowest BCUT2D eigenvalue weighted by atomic mass is 9.96. The highest BCUT2D eigenvalue weighted by Gasteiger charge is 2.34. The number of imide groups is 1. The van der Waals surface area contributed by atoms with Crippen molar-refractivity contribution in [2.24, 2.45) is 0 Å². The van der Waals surface area contributed by atoms with Crippen molar-refractivity contribution in [2.45, 2.75) is 63.8 Å². The SMILES string of the molecule is O=C(CCCN1C(=O)c2ccccc2C1=O)NC1CCCCCCC1. The molecule has 1 aromatic rings. The fraction of sp³-hybridized carbons (Fsp3) is 0.550. The van der Waals surface area contributed by atoms with Crippen LogP contribution in [0.5, 0.6) is 0 Å². The summed E-state index contributed by atoms with van der Waals surface area (Å²) in [5.41, 5.74) is 0.929. The molecule has 0 atom stereocenters. The first-order valence-corrected chi connectivity index (χ1v) is 9.41. The summed E-state index contributed by atoms with van der Waals surface area (Å²) in [4.78, 5) is 38.0. The minimum Gasteiger partial charge on any atom is -0.353 e. The van der Waals surface area contributed by atoms with Gasteiger partial charge >= 0.3 is 0 Å². The van der Waals surface area contributed by atoms with Crippen LogP contribution in [-0.2, 0) is 4.79 Å². The van der Waals surface area contributed by atoms with Crippen molar-refractivity contribution in [3.63, 3.8) is 0 Å². The van der Waals surface area contributed by atoms with E-state index in [1.165, 1.54) is 37.0 Å². The minimum atomic E-state index is -0.249. The maximum Gasteiger partial charge on any atom is 0.261 e. The number of amides is 3. The fourth-order valence-corrected chi connectivity index (χ4v) is 3.74. The molecule has 1 aliphatic carbocycles. The Labute approximate surface area is 148 Å². The molecule has 1 fully saturated rings. The standard InChI is InChI=1S/C20H26N2O3/c23-18(21-15-9-4-2-1-3-5-10-15)13-8-14-22-19(24)16-11-6-7-12-17(16)20(22)25/h6-7,11-12,15H,1-5,8-10,13-14H2,(H,21,23). The Morgan fingerprint density at radius 2 is 1.52 bits per heavy atom.